The highest BCUT2D eigenvalue weighted by Crippen LogP contribution is 2.42. The molecule has 4 nitrogen and oxygen atoms in total. The first-order chi connectivity index (χ1) is 9.16. The molecule has 1 aromatic rings. The molecule has 4 heteroatoms. The molecule has 0 heterocycles. The van der Waals surface area contributed by atoms with E-state index in [4.69, 9.17) is 5.11 Å². The van der Waals surface area contributed by atoms with Gasteiger partial charge in [-0.05, 0) is 24.8 Å². The molecule has 100 valence electrons. The topological polar surface area (TPSA) is 57.6 Å². The van der Waals surface area contributed by atoms with E-state index in [0.29, 0.717) is 19.0 Å². The number of carboxylic acids is 1. The minimum atomic E-state index is -0.839. The molecule has 2 fully saturated rings. The van der Waals surface area contributed by atoms with Gasteiger partial charge in [-0.25, -0.2) is 0 Å². The molecule has 2 aliphatic carbocycles. The summed E-state index contributed by atoms with van der Waals surface area (Å²) in [5.41, 5.74) is 1.11. The van der Waals surface area contributed by atoms with E-state index in [1.54, 1.807) is 0 Å². The molecule has 1 aromatic carbocycles. The molecule has 0 bridgehead atoms. The first-order valence-electron chi connectivity index (χ1n) is 6.74. The standard InChI is InChI=1S/C15H17NO3/c17-14(12-8-13(12)15(18)19)16(11-6-7-11)9-10-4-2-1-3-5-10/h1-5,11-13H,6-9H2,(H,18,19)/t12-,13+/m0/s1. The quantitative estimate of drug-likeness (QED) is 0.878. The lowest BCUT2D eigenvalue weighted by molar-refractivity contribution is -0.142. The predicted octanol–water partition coefficient (Wildman–Crippen LogP) is 1.90. The summed E-state index contributed by atoms with van der Waals surface area (Å²) < 4.78 is 0. The number of hydrogen-bond donors (Lipinski definition) is 1. The summed E-state index contributed by atoms with van der Waals surface area (Å²) in [7, 11) is 0. The Morgan fingerprint density at radius 1 is 1.16 bits per heavy atom. The molecule has 0 radical (unpaired) electrons. The number of rotatable bonds is 5. The van der Waals surface area contributed by atoms with Gasteiger partial charge in [-0.3, -0.25) is 9.59 Å². The normalized spacial score (nSPS) is 24.8. The fourth-order valence-electron chi connectivity index (χ4n) is 2.51. The third-order valence-electron chi connectivity index (χ3n) is 3.89. The van der Waals surface area contributed by atoms with Gasteiger partial charge in [0.1, 0.15) is 0 Å². The number of hydrogen-bond acceptors (Lipinski definition) is 2. The van der Waals surface area contributed by atoms with Crippen LogP contribution in [0, 0.1) is 11.8 Å². The molecule has 1 amide bonds. The molecule has 0 aliphatic heterocycles. The smallest absolute Gasteiger partial charge is 0.307 e. The number of benzene rings is 1. The van der Waals surface area contributed by atoms with Gasteiger partial charge in [0.25, 0.3) is 0 Å². The molecule has 2 aliphatic rings. The Hall–Kier alpha value is -1.84. The zero-order chi connectivity index (χ0) is 13.4. The van der Waals surface area contributed by atoms with Gasteiger partial charge in [-0.15, -0.1) is 0 Å². The molecular weight excluding hydrogens is 242 g/mol. The average molecular weight is 259 g/mol. The number of amides is 1. The maximum absolute atomic E-state index is 12.4. The summed E-state index contributed by atoms with van der Waals surface area (Å²) in [5.74, 6) is -1.56. The zero-order valence-corrected chi connectivity index (χ0v) is 10.7. The Morgan fingerprint density at radius 3 is 2.37 bits per heavy atom. The zero-order valence-electron chi connectivity index (χ0n) is 10.7. The lowest BCUT2D eigenvalue weighted by Gasteiger charge is -2.22. The van der Waals surface area contributed by atoms with Gasteiger partial charge in [-0.2, -0.15) is 0 Å². The Morgan fingerprint density at radius 2 is 1.84 bits per heavy atom. The number of carbonyl (C=O) groups excluding carboxylic acids is 1. The Labute approximate surface area is 112 Å². The predicted molar refractivity (Wildman–Crippen MR) is 69.2 cm³/mol. The van der Waals surface area contributed by atoms with Crippen LogP contribution in [0.4, 0.5) is 0 Å². The summed E-state index contributed by atoms with van der Waals surface area (Å²) in [6.45, 7) is 0.604. The second kappa shape index (κ2) is 4.68. The van der Waals surface area contributed by atoms with Crippen LogP contribution in [0.2, 0.25) is 0 Å². The summed E-state index contributed by atoms with van der Waals surface area (Å²) in [6.07, 6.45) is 2.60. The first-order valence-corrected chi connectivity index (χ1v) is 6.74. The summed E-state index contributed by atoms with van der Waals surface area (Å²) >= 11 is 0. The van der Waals surface area contributed by atoms with Crippen LogP contribution in [-0.4, -0.2) is 27.9 Å². The van der Waals surface area contributed by atoms with Crippen molar-refractivity contribution in [3.8, 4) is 0 Å². The van der Waals surface area contributed by atoms with Crippen molar-refractivity contribution in [1.29, 1.82) is 0 Å². The highest BCUT2D eigenvalue weighted by molar-refractivity contribution is 5.89. The van der Waals surface area contributed by atoms with Crippen LogP contribution in [0.15, 0.2) is 30.3 Å². The number of carboxylic acid groups (broad SMARTS) is 1. The van der Waals surface area contributed by atoms with Crippen molar-refractivity contribution >= 4 is 11.9 Å². The van der Waals surface area contributed by atoms with Gasteiger partial charge in [0.05, 0.1) is 11.8 Å². The van der Waals surface area contributed by atoms with E-state index in [2.05, 4.69) is 0 Å². The third kappa shape index (κ3) is 2.62. The molecule has 2 atom stereocenters. The highest BCUT2D eigenvalue weighted by Gasteiger charge is 2.51. The van der Waals surface area contributed by atoms with Gasteiger partial charge in [0, 0.05) is 12.6 Å². The van der Waals surface area contributed by atoms with Crippen molar-refractivity contribution in [2.45, 2.75) is 31.8 Å². The lowest BCUT2D eigenvalue weighted by atomic mass is 10.2. The van der Waals surface area contributed by atoms with Gasteiger partial charge >= 0.3 is 5.97 Å². The molecule has 0 unspecified atom stereocenters. The van der Waals surface area contributed by atoms with E-state index in [-0.39, 0.29) is 11.8 Å². The van der Waals surface area contributed by atoms with E-state index in [0.717, 1.165) is 18.4 Å². The summed E-state index contributed by atoms with van der Waals surface area (Å²) in [4.78, 5) is 25.1. The molecule has 0 saturated heterocycles. The number of carbonyl (C=O) groups is 2. The fourth-order valence-corrected chi connectivity index (χ4v) is 2.51. The van der Waals surface area contributed by atoms with Crippen LogP contribution in [0.3, 0.4) is 0 Å². The lowest BCUT2D eigenvalue weighted by Crippen LogP contribution is -2.34. The van der Waals surface area contributed by atoms with Crippen molar-refractivity contribution in [3.63, 3.8) is 0 Å². The second-order valence-corrected chi connectivity index (χ2v) is 5.47. The van der Waals surface area contributed by atoms with Crippen LogP contribution in [-0.2, 0) is 16.1 Å². The summed E-state index contributed by atoms with van der Waals surface area (Å²) in [5, 5.41) is 8.93. The number of nitrogens with zero attached hydrogens (tertiary/aromatic N) is 1. The molecule has 19 heavy (non-hydrogen) atoms. The van der Waals surface area contributed by atoms with Crippen LogP contribution in [0.5, 0.6) is 0 Å². The molecular formula is C15H17NO3. The van der Waals surface area contributed by atoms with Crippen LogP contribution in [0.25, 0.3) is 0 Å². The molecule has 3 rings (SSSR count). The highest BCUT2D eigenvalue weighted by atomic mass is 16.4. The maximum atomic E-state index is 12.4. The van der Waals surface area contributed by atoms with Gasteiger partial charge < -0.3 is 10.0 Å². The molecule has 0 aromatic heterocycles. The largest absolute Gasteiger partial charge is 0.481 e. The first kappa shape index (κ1) is 12.2. The van der Waals surface area contributed by atoms with Crippen molar-refractivity contribution in [2.75, 3.05) is 0 Å². The van der Waals surface area contributed by atoms with Gasteiger partial charge in [0.15, 0.2) is 0 Å². The van der Waals surface area contributed by atoms with Crippen LogP contribution in [0.1, 0.15) is 24.8 Å². The SMILES string of the molecule is O=C(O)[C@@H]1C[C@@H]1C(=O)N(Cc1ccccc1)C1CC1. The molecule has 0 spiro atoms. The van der Waals surface area contributed by atoms with Crippen molar-refractivity contribution in [3.05, 3.63) is 35.9 Å². The molecule has 2 saturated carbocycles. The fraction of sp³-hybridized carbons (Fsp3) is 0.467. The van der Waals surface area contributed by atoms with Crippen LogP contribution < -0.4 is 0 Å². The third-order valence-corrected chi connectivity index (χ3v) is 3.89. The average Bonchev–Trinajstić information content (AvgIpc) is 3.29. The van der Waals surface area contributed by atoms with E-state index in [1.807, 2.05) is 35.2 Å². The minimum Gasteiger partial charge on any atom is -0.481 e. The van der Waals surface area contributed by atoms with Gasteiger partial charge in [-0.1, -0.05) is 30.3 Å². The van der Waals surface area contributed by atoms with E-state index < -0.39 is 11.9 Å². The molecule has 1 N–H and O–H groups in total. The Balaban J connectivity index is 1.68. The Kier molecular flexibility index (Phi) is 3.01. The van der Waals surface area contributed by atoms with E-state index in [1.165, 1.54) is 0 Å². The Bertz CT molecular complexity index is 495. The van der Waals surface area contributed by atoms with E-state index >= 15 is 0 Å². The van der Waals surface area contributed by atoms with Gasteiger partial charge in [0.2, 0.25) is 5.91 Å². The minimum absolute atomic E-state index is 0.0266. The summed E-state index contributed by atoms with van der Waals surface area (Å²) in [6, 6.07) is 10.2. The van der Waals surface area contributed by atoms with E-state index in [9.17, 15) is 9.59 Å². The van der Waals surface area contributed by atoms with Crippen molar-refractivity contribution < 1.29 is 14.7 Å². The van der Waals surface area contributed by atoms with Crippen molar-refractivity contribution in [1.82, 2.24) is 4.90 Å². The second-order valence-electron chi connectivity index (χ2n) is 5.47. The number of aliphatic carboxylic acids is 1. The maximum Gasteiger partial charge on any atom is 0.307 e. The van der Waals surface area contributed by atoms with Crippen molar-refractivity contribution in [2.24, 2.45) is 11.8 Å². The monoisotopic (exact) mass is 259 g/mol. The van der Waals surface area contributed by atoms with Crippen LogP contribution >= 0.6 is 0 Å².